The van der Waals surface area contributed by atoms with E-state index >= 15 is 0 Å². The first kappa shape index (κ1) is 7.36. The summed E-state index contributed by atoms with van der Waals surface area (Å²) in [6, 6.07) is 0. The maximum atomic E-state index is 5.20. The van der Waals surface area contributed by atoms with Crippen LogP contribution in [0.25, 0.3) is 0 Å². The van der Waals surface area contributed by atoms with E-state index in [1.165, 1.54) is 5.75 Å². The maximum Gasteiger partial charge on any atom is 0.284 e. The van der Waals surface area contributed by atoms with Gasteiger partial charge in [0, 0.05) is 11.7 Å². The Bertz CT molecular complexity index is 287. The molecule has 0 spiro atoms. The van der Waals surface area contributed by atoms with E-state index in [0.29, 0.717) is 10.8 Å². The Morgan fingerprint density at radius 2 is 2.64 bits per heavy atom. The SMILES string of the molecule is S=c1[nH]nc(C2CCSC2)o1. The van der Waals surface area contributed by atoms with Crippen molar-refractivity contribution in [3.8, 4) is 0 Å². The van der Waals surface area contributed by atoms with Gasteiger partial charge in [0.15, 0.2) is 0 Å². The number of nitrogens with zero attached hydrogens (tertiary/aromatic N) is 1. The van der Waals surface area contributed by atoms with Crippen molar-refractivity contribution < 1.29 is 4.42 Å². The normalized spacial score (nSPS) is 24.2. The molecule has 5 heteroatoms. The van der Waals surface area contributed by atoms with Crippen LogP contribution in [0.4, 0.5) is 0 Å². The molecule has 0 aliphatic carbocycles. The molecular weight excluding hydrogens is 180 g/mol. The van der Waals surface area contributed by atoms with Gasteiger partial charge in [0.25, 0.3) is 4.84 Å². The van der Waals surface area contributed by atoms with Gasteiger partial charge in [-0.1, -0.05) is 0 Å². The fraction of sp³-hybridized carbons (Fsp3) is 0.667. The van der Waals surface area contributed by atoms with Crippen LogP contribution in [0.5, 0.6) is 0 Å². The summed E-state index contributed by atoms with van der Waals surface area (Å²) in [5, 5.41) is 6.62. The fourth-order valence-electron chi connectivity index (χ4n) is 1.15. The lowest BCUT2D eigenvalue weighted by molar-refractivity contribution is 0.451. The molecule has 1 atom stereocenters. The first-order chi connectivity index (χ1) is 5.36. The van der Waals surface area contributed by atoms with Crippen molar-refractivity contribution in [2.45, 2.75) is 12.3 Å². The zero-order valence-electron chi connectivity index (χ0n) is 5.87. The predicted molar refractivity (Wildman–Crippen MR) is 46.4 cm³/mol. The van der Waals surface area contributed by atoms with Gasteiger partial charge in [-0.3, -0.25) is 0 Å². The van der Waals surface area contributed by atoms with Crippen LogP contribution in [0.15, 0.2) is 4.42 Å². The lowest BCUT2D eigenvalue weighted by Crippen LogP contribution is -1.95. The van der Waals surface area contributed by atoms with Gasteiger partial charge in [-0.05, 0) is 24.4 Å². The number of hydrogen-bond acceptors (Lipinski definition) is 4. The van der Waals surface area contributed by atoms with Gasteiger partial charge in [-0.25, -0.2) is 5.10 Å². The quantitative estimate of drug-likeness (QED) is 0.684. The second-order valence-electron chi connectivity index (χ2n) is 2.51. The molecular formula is C6H8N2OS2. The third kappa shape index (κ3) is 1.49. The van der Waals surface area contributed by atoms with E-state index in [1.54, 1.807) is 0 Å². The molecule has 1 saturated heterocycles. The third-order valence-electron chi connectivity index (χ3n) is 1.73. The minimum absolute atomic E-state index is 0.386. The largest absolute Gasteiger partial charge is 0.414 e. The summed E-state index contributed by atoms with van der Waals surface area (Å²) in [6.07, 6.45) is 1.16. The predicted octanol–water partition coefficient (Wildman–Crippen LogP) is 1.95. The number of aromatic nitrogens is 2. The second kappa shape index (κ2) is 2.98. The Morgan fingerprint density at radius 1 is 1.73 bits per heavy atom. The molecule has 11 heavy (non-hydrogen) atoms. The molecule has 1 aliphatic rings. The average molecular weight is 188 g/mol. The van der Waals surface area contributed by atoms with Crippen molar-refractivity contribution in [3.63, 3.8) is 0 Å². The molecule has 0 radical (unpaired) electrons. The van der Waals surface area contributed by atoms with Gasteiger partial charge in [-0.15, -0.1) is 5.10 Å². The lowest BCUT2D eigenvalue weighted by atomic mass is 10.1. The number of nitrogens with one attached hydrogen (secondary N) is 1. The smallest absolute Gasteiger partial charge is 0.284 e. The van der Waals surface area contributed by atoms with E-state index in [2.05, 4.69) is 10.2 Å². The topological polar surface area (TPSA) is 41.8 Å². The number of rotatable bonds is 1. The van der Waals surface area contributed by atoms with E-state index in [-0.39, 0.29) is 0 Å². The van der Waals surface area contributed by atoms with Crippen molar-refractivity contribution in [1.29, 1.82) is 0 Å². The molecule has 0 aromatic carbocycles. The fourth-order valence-corrected chi connectivity index (χ4v) is 2.49. The van der Waals surface area contributed by atoms with Crippen LogP contribution in [-0.2, 0) is 0 Å². The molecule has 1 unspecified atom stereocenters. The summed E-state index contributed by atoms with van der Waals surface area (Å²) in [6.45, 7) is 0. The van der Waals surface area contributed by atoms with E-state index in [0.717, 1.165) is 18.1 Å². The van der Waals surface area contributed by atoms with Crippen molar-refractivity contribution in [2.75, 3.05) is 11.5 Å². The zero-order chi connectivity index (χ0) is 7.68. The minimum atomic E-state index is 0.386. The average Bonchev–Trinajstić information content (AvgIpc) is 2.55. The monoisotopic (exact) mass is 188 g/mol. The van der Waals surface area contributed by atoms with Gasteiger partial charge < -0.3 is 4.42 Å². The molecule has 1 fully saturated rings. The first-order valence-electron chi connectivity index (χ1n) is 3.49. The van der Waals surface area contributed by atoms with Crippen LogP contribution < -0.4 is 0 Å². The van der Waals surface area contributed by atoms with Crippen LogP contribution in [0.2, 0.25) is 0 Å². The van der Waals surface area contributed by atoms with Crippen molar-refractivity contribution >= 4 is 24.0 Å². The van der Waals surface area contributed by atoms with Gasteiger partial charge >= 0.3 is 0 Å². The summed E-state index contributed by atoms with van der Waals surface area (Å²) >= 11 is 6.72. The van der Waals surface area contributed by atoms with Crippen molar-refractivity contribution in [2.24, 2.45) is 0 Å². The van der Waals surface area contributed by atoms with E-state index in [4.69, 9.17) is 16.6 Å². The van der Waals surface area contributed by atoms with E-state index in [1.807, 2.05) is 11.8 Å². The highest BCUT2D eigenvalue weighted by Crippen LogP contribution is 2.30. The zero-order valence-corrected chi connectivity index (χ0v) is 7.50. The Labute approximate surface area is 73.6 Å². The number of thioether (sulfide) groups is 1. The Hall–Kier alpha value is -0.290. The van der Waals surface area contributed by atoms with Crippen LogP contribution in [0.3, 0.4) is 0 Å². The van der Waals surface area contributed by atoms with Gasteiger partial charge in [-0.2, -0.15) is 11.8 Å². The minimum Gasteiger partial charge on any atom is -0.414 e. The second-order valence-corrected chi connectivity index (χ2v) is 4.03. The molecule has 1 aliphatic heterocycles. The van der Waals surface area contributed by atoms with Crippen LogP contribution in [-0.4, -0.2) is 21.7 Å². The Kier molecular flexibility index (Phi) is 2.00. The van der Waals surface area contributed by atoms with Gasteiger partial charge in [0.1, 0.15) is 0 Å². The molecule has 0 saturated carbocycles. The van der Waals surface area contributed by atoms with Crippen molar-refractivity contribution in [3.05, 3.63) is 10.7 Å². The van der Waals surface area contributed by atoms with Crippen LogP contribution in [0, 0.1) is 4.84 Å². The summed E-state index contributed by atoms with van der Waals surface area (Å²) in [7, 11) is 0. The van der Waals surface area contributed by atoms with E-state index in [9.17, 15) is 0 Å². The van der Waals surface area contributed by atoms with Crippen LogP contribution >= 0.6 is 24.0 Å². The molecule has 2 rings (SSSR count). The molecule has 1 aromatic heterocycles. The number of H-pyrrole nitrogens is 1. The number of aromatic amines is 1. The molecule has 3 nitrogen and oxygen atoms in total. The number of hydrogen-bond donors (Lipinski definition) is 1. The Morgan fingerprint density at radius 3 is 3.18 bits per heavy atom. The molecule has 2 heterocycles. The maximum absolute atomic E-state index is 5.20. The first-order valence-corrected chi connectivity index (χ1v) is 5.06. The Balaban J connectivity index is 2.21. The summed E-state index contributed by atoms with van der Waals surface area (Å²) in [4.78, 5) is 0.386. The molecule has 1 aromatic rings. The highest BCUT2D eigenvalue weighted by Gasteiger charge is 2.21. The highest BCUT2D eigenvalue weighted by atomic mass is 32.2. The highest BCUT2D eigenvalue weighted by molar-refractivity contribution is 7.99. The van der Waals surface area contributed by atoms with Crippen LogP contribution in [0.1, 0.15) is 18.2 Å². The van der Waals surface area contributed by atoms with Gasteiger partial charge in [0.05, 0.1) is 0 Å². The molecule has 0 bridgehead atoms. The molecule has 0 amide bonds. The molecule has 60 valence electrons. The van der Waals surface area contributed by atoms with E-state index < -0.39 is 0 Å². The summed E-state index contributed by atoms with van der Waals surface area (Å²) in [5.74, 6) is 3.58. The van der Waals surface area contributed by atoms with Gasteiger partial charge in [0.2, 0.25) is 5.89 Å². The molecule has 1 N–H and O–H groups in total. The summed E-state index contributed by atoms with van der Waals surface area (Å²) < 4.78 is 5.20. The lowest BCUT2D eigenvalue weighted by Gasteiger charge is -1.98. The summed E-state index contributed by atoms with van der Waals surface area (Å²) in [5.41, 5.74) is 0. The standard InChI is InChI=1S/C6H8N2OS2/c10-6-8-7-5(9-6)4-1-2-11-3-4/h4H,1-3H2,(H,8,10). The third-order valence-corrected chi connectivity index (χ3v) is 3.07. The van der Waals surface area contributed by atoms with Crippen molar-refractivity contribution in [1.82, 2.24) is 10.2 Å².